The van der Waals surface area contributed by atoms with Crippen molar-refractivity contribution in [1.29, 1.82) is 0 Å². The molecule has 1 aromatic heterocycles. The summed E-state index contributed by atoms with van der Waals surface area (Å²) >= 11 is 0. The zero-order valence-electron chi connectivity index (χ0n) is 9.96. The summed E-state index contributed by atoms with van der Waals surface area (Å²) in [5, 5.41) is 19.2. The van der Waals surface area contributed by atoms with Crippen LogP contribution in [0.1, 0.15) is 25.0 Å². The second-order valence-electron chi connectivity index (χ2n) is 3.73. The Morgan fingerprint density at radius 3 is 2.83 bits per heavy atom. The van der Waals surface area contributed by atoms with Gasteiger partial charge < -0.3 is 20.0 Å². The molecular weight excluding hydrogens is 240 g/mol. The minimum atomic E-state index is -0.863. The number of aromatic nitrogens is 1. The van der Waals surface area contributed by atoms with Gasteiger partial charge in [0.2, 0.25) is 5.75 Å². The molecular formula is C11H14N2O5. The van der Waals surface area contributed by atoms with E-state index >= 15 is 0 Å². The summed E-state index contributed by atoms with van der Waals surface area (Å²) in [4.78, 5) is 24.2. The van der Waals surface area contributed by atoms with Gasteiger partial charge in [-0.2, -0.15) is 0 Å². The first kappa shape index (κ1) is 13.9. The van der Waals surface area contributed by atoms with Crippen LogP contribution in [0.2, 0.25) is 0 Å². The van der Waals surface area contributed by atoms with Gasteiger partial charge in [-0.25, -0.2) is 0 Å². The van der Waals surface area contributed by atoms with E-state index in [0.29, 0.717) is 18.5 Å². The lowest BCUT2D eigenvalue weighted by Gasteiger charge is -2.05. The number of hydrogen-bond donors (Lipinski definition) is 1. The SMILES string of the molecule is Cc1ccc(OCCCCC(=O)O)c([N+](=O)[O-])n1. The normalized spacial score (nSPS) is 10.1. The molecule has 0 unspecified atom stereocenters. The first-order chi connectivity index (χ1) is 8.50. The Kier molecular flexibility index (Phi) is 5.04. The highest BCUT2D eigenvalue weighted by molar-refractivity contribution is 5.66. The van der Waals surface area contributed by atoms with Crippen LogP contribution >= 0.6 is 0 Å². The molecule has 0 saturated carbocycles. The molecule has 1 aromatic rings. The van der Waals surface area contributed by atoms with Crippen LogP contribution in [0.5, 0.6) is 5.75 Å². The minimum Gasteiger partial charge on any atom is -0.486 e. The van der Waals surface area contributed by atoms with Gasteiger partial charge in [-0.1, -0.05) is 0 Å². The van der Waals surface area contributed by atoms with Crippen LogP contribution in [0, 0.1) is 17.0 Å². The van der Waals surface area contributed by atoms with Gasteiger partial charge in [-0.3, -0.25) is 4.79 Å². The van der Waals surface area contributed by atoms with E-state index in [9.17, 15) is 14.9 Å². The van der Waals surface area contributed by atoms with Crippen molar-refractivity contribution in [2.75, 3.05) is 6.61 Å². The number of nitro groups is 1. The largest absolute Gasteiger partial charge is 0.486 e. The topological polar surface area (TPSA) is 103 Å². The number of carbonyl (C=O) groups is 1. The molecule has 0 spiro atoms. The van der Waals surface area contributed by atoms with Crippen molar-refractivity contribution < 1.29 is 19.6 Å². The number of ether oxygens (including phenoxy) is 1. The lowest BCUT2D eigenvalue weighted by Crippen LogP contribution is -2.04. The molecule has 0 aliphatic heterocycles. The van der Waals surface area contributed by atoms with Gasteiger partial charge in [0, 0.05) is 13.3 Å². The summed E-state index contributed by atoms with van der Waals surface area (Å²) in [6.07, 6.45) is 1.07. The monoisotopic (exact) mass is 254 g/mol. The van der Waals surface area contributed by atoms with E-state index in [1.807, 2.05) is 0 Å². The lowest BCUT2D eigenvalue weighted by atomic mass is 10.2. The summed E-state index contributed by atoms with van der Waals surface area (Å²) in [5.41, 5.74) is 0.542. The van der Waals surface area contributed by atoms with Gasteiger partial charge in [-0.05, 0) is 34.9 Å². The average Bonchev–Trinajstić information content (AvgIpc) is 2.29. The van der Waals surface area contributed by atoms with Crippen molar-refractivity contribution in [3.05, 3.63) is 27.9 Å². The molecule has 0 fully saturated rings. The van der Waals surface area contributed by atoms with Crippen LogP contribution in [0.3, 0.4) is 0 Å². The fraction of sp³-hybridized carbons (Fsp3) is 0.455. The number of carboxylic acids is 1. The van der Waals surface area contributed by atoms with E-state index in [1.165, 1.54) is 6.07 Å². The summed E-state index contributed by atoms with van der Waals surface area (Å²) < 4.78 is 5.24. The zero-order chi connectivity index (χ0) is 13.5. The Morgan fingerprint density at radius 2 is 2.22 bits per heavy atom. The molecule has 7 nitrogen and oxygen atoms in total. The van der Waals surface area contributed by atoms with Crippen molar-refractivity contribution >= 4 is 11.8 Å². The van der Waals surface area contributed by atoms with E-state index in [2.05, 4.69) is 4.98 Å². The van der Waals surface area contributed by atoms with Crippen LogP contribution < -0.4 is 4.74 Å². The zero-order valence-corrected chi connectivity index (χ0v) is 9.96. The smallest absolute Gasteiger partial charge is 0.406 e. The molecule has 1 heterocycles. The van der Waals surface area contributed by atoms with E-state index in [4.69, 9.17) is 9.84 Å². The number of unbranched alkanes of at least 4 members (excludes halogenated alkanes) is 1. The maximum atomic E-state index is 10.7. The molecule has 0 aliphatic carbocycles. The van der Waals surface area contributed by atoms with Crippen molar-refractivity contribution in [2.24, 2.45) is 0 Å². The van der Waals surface area contributed by atoms with Crippen molar-refractivity contribution in [1.82, 2.24) is 4.98 Å². The Labute approximate surface area is 104 Å². The highest BCUT2D eigenvalue weighted by Gasteiger charge is 2.17. The molecule has 18 heavy (non-hydrogen) atoms. The van der Waals surface area contributed by atoms with Crippen LogP contribution in [-0.4, -0.2) is 27.6 Å². The molecule has 0 radical (unpaired) electrons. The first-order valence-electron chi connectivity index (χ1n) is 5.47. The number of aliphatic carboxylic acids is 1. The molecule has 7 heteroatoms. The Morgan fingerprint density at radius 1 is 1.50 bits per heavy atom. The minimum absolute atomic E-state index is 0.0671. The van der Waals surface area contributed by atoms with Crippen LogP contribution in [0.25, 0.3) is 0 Å². The number of aryl methyl sites for hydroxylation is 1. The molecule has 1 rings (SSSR count). The van der Waals surface area contributed by atoms with Gasteiger partial charge in [0.05, 0.1) is 6.61 Å². The molecule has 0 aliphatic rings. The summed E-state index contributed by atoms with van der Waals surface area (Å²) in [5.74, 6) is -1.06. The standard InChI is InChI=1S/C11H14N2O5/c1-8-5-6-9(11(12-8)13(16)17)18-7-3-2-4-10(14)15/h5-6H,2-4,7H2,1H3,(H,14,15). The van der Waals surface area contributed by atoms with Gasteiger partial charge in [0.1, 0.15) is 5.69 Å². The molecule has 0 bridgehead atoms. The fourth-order valence-corrected chi connectivity index (χ4v) is 1.33. The van der Waals surface area contributed by atoms with E-state index < -0.39 is 10.9 Å². The van der Waals surface area contributed by atoms with Crippen LogP contribution in [0.4, 0.5) is 5.82 Å². The number of nitrogens with zero attached hydrogens (tertiary/aromatic N) is 2. The predicted octanol–water partition coefficient (Wildman–Crippen LogP) is 1.93. The second-order valence-corrected chi connectivity index (χ2v) is 3.73. The molecule has 0 atom stereocenters. The van der Waals surface area contributed by atoms with Crippen molar-refractivity contribution in [2.45, 2.75) is 26.2 Å². The fourth-order valence-electron chi connectivity index (χ4n) is 1.33. The maximum Gasteiger partial charge on any atom is 0.406 e. The third-order valence-electron chi connectivity index (χ3n) is 2.19. The van der Waals surface area contributed by atoms with E-state index in [1.54, 1.807) is 13.0 Å². The Hall–Kier alpha value is -2.18. The average molecular weight is 254 g/mol. The van der Waals surface area contributed by atoms with Crippen LogP contribution in [0.15, 0.2) is 12.1 Å². The van der Waals surface area contributed by atoms with E-state index in [-0.39, 0.29) is 24.6 Å². The van der Waals surface area contributed by atoms with Crippen LogP contribution in [-0.2, 0) is 4.79 Å². The van der Waals surface area contributed by atoms with Crippen molar-refractivity contribution in [3.8, 4) is 5.75 Å². The molecule has 0 amide bonds. The van der Waals surface area contributed by atoms with Gasteiger partial charge >= 0.3 is 11.8 Å². The van der Waals surface area contributed by atoms with Gasteiger partial charge in [0.25, 0.3) is 0 Å². The van der Waals surface area contributed by atoms with Gasteiger partial charge in [0.15, 0.2) is 0 Å². The molecule has 98 valence electrons. The number of pyridine rings is 1. The summed E-state index contributed by atoms with van der Waals surface area (Å²) in [6.45, 7) is 1.89. The predicted molar refractivity (Wildman–Crippen MR) is 62.6 cm³/mol. The van der Waals surface area contributed by atoms with Crippen molar-refractivity contribution in [3.63, 3.8) is 0 Å². The van der Waals surface area contributed by atoms with Gasteiger partial charge in [-0.15, -0.1) is 0 Å². The summed E-state index contributed by atoms with van der Waals surface area (Å²) in [6, 6.07) is 3.12. The molecule has 1 N–H and O–H groups in total. The highest BCUT2D eigenvalue weighted by atomic mass is 16.6. The summed E-state index contributed by atoms with van der Waals surface area (Å²) in [7, 11) is 0. The third-order valence-corrected chi connectivity index (χ3v) is 2.19. The molecule has 0 aromatic carbocycles. The Balaban J connectivity index is 2.51. The second kappa shape index (κ2) is 6.53. The number of hydrogen-bond acceptors (Lipinski definition) is 5. The quantitative estimate of drug-likeness (QED) is 0.453. The highest BCUT2D eigenvalue weighted by Crippen LogP contribution is 2.24. The maximum absolute atomic E-state index is 10.7. The third kappa shape index (κ3) is 4.36. The number of carboxylic acid groups (broad SMARTS) is 1. The first-order valence-corrected chi connectivity index (χ1v) is 5.47. The number of rotatable bonds is 7. The molecule has 0 saturated heterocycles. The van der Waals surface area contributed by atoms with E-state index in [0.717, 1.165) is 0 Å². The Bertz CT molecular complexity index is 447. The lowest BCUT2D eigenvalue weighted by molar-refractivity contribution is -0.390.